The Morgan fingerprint density at radius 2 is 1.88 bits per heavy atom. The van der Waals surface area contributed by atoms with E-state index >= 15 is 0 Å². The Morgan fingerprint density at radius 1 is 1.18 bits per heavy atom. The molecule has 2 aliphatic rings. The number of hydrogen-bond donors (Lipinski definition) is 2. The van der Waals surface area contributed by atoms with E-state index in [0.29, 0.717) is 43.5 Å². The van der Waals surface area contributed by atoms with Crippen LogP contribution in [0.25, 0.3) is 11.3 Å². The van der Waals surface area contributed by atoms with Gasteiger partial charge in [0.1, 0.15) is 17.4 Å². The highest BCUT2D eigenvalue weighted by atomic mass is 16.6. The normalized spacial score (nSPS) is 17.5. The summed E-state index contributed by atoms with van der Waals surface area (Å²) in [7, 11) is 0. The SMILES string of the molecule is Cc1ccc(-c2[nH]nc3c2[C@@H](c2ccc(OC(=O)N4CCOCC4)cc2)C(C#N)=C(N)O3)cc1. The third-order valence-electron chi connectivity index (χ3n) is 5.97. The maximum atomic E-state index is 12.4. The lowest BCUT2D eigenvalue weighted by Gasteiger charge is -2.26. The third kappa shape index (κ3) is 3.95. The van der Waals surface area contributed by atoms with Gasteiger partial charge in [-0.3, -0.25) is 5.10 Å². The first-order valence-corrected chi connectivity index (χ1v) is 10.9. The molecule has 1 atom stereocenters. The number of nitrogens with two attached hydrogens (primary N) is 1. The molecule has 172 valence electrons. The fraction of sp³-hybridized carbons (Fsp3) is 0.240. The molecule has 34 heavy (non-hydrogen) atoms. The minimum Gasteiger partial charge on any atom is -0.420 e. The Balaban J connectivity index is 1.48. The Bertz CT molecular complexity index is 1280. The fourth-order valence-electron chi connectivity index (χ4n) is 4.16. The minimum atomic E-state index is -0.493. The molecule has 9 nitrogen and oxygen atoms in total. The zero-order chi connectivity index (χ0) is 23.7. The maximum Gasteiger partial charge on any atom is 0.415 e. The second kappa shape index (κ2) is 8.92. The number of amides is 1. The molecule has 3 heterocycles. The molecule has 0 saturated carbocycles. The first kappa shape index (κ1) is 21.6. The van der Waals surface area contributed by atoms with E-state index < -0.39 is 12.0 Å². The highest BCUT2D eigenvalue weighted by Gasteiger charge is 2.35. The van der Waals surface area contributed by atoms with Crippen molar-refractivity contribution in [3.8, 4) is 29.0 Å². The second-order valence-electron chi connectivity index (χ2n) is 8.14. The van der Waals surface area contributed by atoms with Crippen LogP contribution >= 0.6 is 0 Å². The number of carbonyl (C=O) groups excluding carboxylic acids is 1. The summed E-state index contributed by atoms with van der Waals surface area (Å²) in [6.45, 7) is 4.01. The van der Waals surface area contributed by atoms with Crippen LogP contribution in [-0.4, -0.2) is 47.5 Å². The fourth-order valence-corrected chi connectivity index (χ4v) is 4.16. The van der Waals surface area contributed by atoms with E-state index in [9.17, 15) is 10.1 Å². The summed E-state index contributed by atoms with van der Waals surface area (Å²) in [5.74, 6) is 0.270. The smallest absolute Gasteiger partial charge is 0.415 e. The molecule has 0 radical (unpaired) electrons. The van der Waals surface area contributed by atoms with Crippen molar-refractivity contribution >= 4 is 6.09 Å². The van der Waals surface area contributed by atoms with Gasteiger partial charge in [-0.1, -0.05) is 42.0 Å². The number of fused-ring (bicyclic) bond motifs is 1. The van der Waals surface area contributed by atoms with Crippen molar-refractivity contribution in [3.05, 3.63) is 76.7 Å². The summed E-state index contributed by atoms with van der Waals surface area (Å²) in [6, 6.07) is 17.2. The van der Waals surface area contributed by atoms with Crippen LogP contribution in [0.2, 0.25) is 0 Å². The van der Waals surface area contributed by atoms with E-state index in [4.69, 9.17) is 19.9 Å². The predicted octanol–water partition coefficient (Wildman–Crippen LogP) is 3.43. The minimum absolute atomic E-state index is 0.0183. The van der Waals surface area contributed by atoms with Crippen molar-refractivity contribution < 1.29 is 19.0 Å². The number of nitrogens with zero attached hydrogens (tertiary/aromatic N) is 3. The predicted molar refractivity (Wildman–Crippen MR) is 123 cm³/mol. The van der Waals surface area contributed by atoms with Crippen molar-refractivity contribution in [1.82, 2.24) is 15.1 Å². The maximum absolute atomic E-state index is 12.4. The van der Waals surface area contributed by atoms with Gasteiger partial charge in [-0.15, -0.1) is 5.10 Å². The molecule has 9 heteroatoms. The van der Waals surface area contributed by atoms with Crippen LogP contribution in [0.15, 0.2) is 60.0 Å². The van der Waals surface area contributed by atoms with Gasteiger partial charge in [-0.2, -0.15) is 5.26 Å². The van der Waals surface area contributed by atoms with Crippen molar-refractivity contribution in [2.24, 2.45) is 5.73 Å². The number of H-pyrrole nitrogens is 1. The standard InChI is InChI=1S/C25H23N5O4/c1-15-2-4-17(5-3-15)22-21-20(19(14-26)23(27)34-24(21)29-28-22)16-6-8-18(9-7-16)33-25(31)30-10-12-32-13-11-30/h2-9,20H,10-13,27H2,1H3,(H,28,29)/t20-/m0/s1. The molecule has 0 spiro atoms. The number of morpholine rings is 1. The van der Waals surface area contributed by atoms with Crippen LogP contribution in [0.1, 0.15) is 22.6 Å². The van der Waals surface area contributed by atoms with Crippen molar-refractivity contribution in [2.75, 3.05) is 26.3 Å². The zero-order valence-corrected chi connectivity index (χ0v) is 18.6. The largest absolute Gasteiger partial charge is 0.420 e. The number of allylic oxidation sites excluding steroid dienone is 1. The molecule has 0 unspecified atom stereocenters. The number of rotatable bonds is 3. The van der Waals surface area contributed by atoms with E-state index in [1.54, 1.807) is 17.0 Å². The van der Waals surface area contributed by atoms with Gasteiger partial charge in [0.05, 0.1) is 30.4 Å². The van der Waals surface area contributed by atoms with Crippen LogP contribution in [0.5, 0.6) is 11.6 Å². The number of carbonyl (C=O) groups is 1. The van der Waals surface area contributed by atoms with Gasteiger partial charge in [-0.25, -0.2) is 4.79 Å². The summed E-state index contributed by atoms with van der Waals surface area (Å²) >= 11 is 0. The number of hydrogen-bond acceptors (Lipinski definition) is 7. The van der Waals surface area contributed by atoms with E-state index in [1.165, 1.54) is 0 Å². The third-order valence-corrected chi connectivity index (χ3v) is 5.97. The topological polar surface area (TPSA) is 126 Å². The van der Waals surface area contributed by atoms with Crippen molar-refractivity contribution in [1.29, 1.82) is 5.26 Å². The Kier molecular flexibility index (Phi) is 5.65. The van der Waals surface area contributed by atoms with Gasteiger partial charge in [0.15, 0.2) is 0 Å². The summed E-state index contributed by atoms with van der Waals surface area (Å²) < 4.78 is 16.5. The van der Waals surface area contributed by atoms with E-state index in [0.717, 1.165) is 27.9 Å². The molecule has 5 rings (SSSR count). The van der Waals surface area contributed by atoms with Crippen LogP contribution in [-0.2, 0) is 4.74 Å². The number of nitriles is 1. The van der Waals surface area contributed by atoms with Crippen molar-refractivity contribution in [3.63, 3.8) is 0 Å². The van der Waals surface area contributed by atoms with Gasteiger partial charge in [0, 0.05) is 18.7 Å². The number of aromatic nitrogens is 2. The van der Waals surface area contributed by atoms with Crippen LogP contribution in [0.4, 0.5) is 4.79 Å². The van der Waals surface area contributed by atoms with Crippen molar-refractivity contribution in [2.45, 2.75) is 12.8 Å². The van der Waals surface area contributed by atoms with Crippen LogP contribution < -0.4 is 15.2 Å². The summed E-state index contributed by atoms with van der Waals surface area (Å²) in [6.07, 6.45) is -0.414. The number of nitrogens with one attached hydrogen (secondary N) is 1. The number of ether oxygens (including phenoxy) is 3. The molecule has 1 amide bonds. The molecular weight excluding hydrogens is 434 g/mol. The lowest BCUT2D eigenvalue weighted by molar-refractivity contribution is 0.0416. The van der Waals surface area contributed by atoms with Gasteiger partial charge in [0.2, 0.25) is 11.8 Å². The Hall–Kier alpha value is -4.29. The molecule has 2 aliphatic heterocycles. The van der Waals surface area contributed by atoms with Gasteiger partial charge in [0.25, 0.3) is 0 Å². The highest BCUT2D eigenvalue weighted by molar-refractivity contribution is 5.72. The highest BCUT2D eigenvalue weighted by Crippen LogP contribution is 2.45. The molecule has 1 aromatic heterocycles. The van der Waals surface area contributed by atoms with E-state index in [-0.39, 0.29) is 5.88 Å². The first-order chi connectivity index (χ1) is 16.5. The lowest BCUT2D eigenvalue weighted by atomic mass is 9.83. The van der Waals surface area contributed by atoms with Crippen LogP contribution in [0.3, 0.4) is 0 Å². The summed E-state index contributed by atoms with van der Waals surface area (Å²) in [5, 5.41) is 17.2. The van der Waals surface area contributed by atoms with E-state index in [1.807, 2.05) is 43.3 Å². The molecule has 2 aromatic carbocycles. The lowest BCUT2D eigenvalue weighted by Crippen LogP contribution is -2.42. The summed E-state index contributed by atoms with van der Waals surface area (Å²) in [4.78, 5) is 14.0. The molecule has 3 aromatic rings. The van der Waals surface area contributed by atoms with Crippen LogP contribution in [0, 0.1) is 18.3 Å². The second-order valence-corrected chi connectivity index (χ2v) is 8.14. The molecule has 0 aliphatic carbocycles. The molecule has 0 bridgehead atoms. The summed E-state index contributed by atoms with van der Waals surface area (Å²) in [5.41, 5.74) is 10.7. The van der Waals surface area contributed by atoms with Gasteiger partial charge >= 0.3 is 6.09 Å². The quantitative estimate of drug-likeness (QED) is 0.617. The zero-order valence-electron chi connectivity index (χ0n) is 18.6. The number of benzene rings is 2. The molecule has 3 N–H and O–H groups in total. The van der Waals surface area contributed by atoms with E-state index in [2.05, 4.69) is 16.3 Å². The Morgan fingerprint density at radius 3 is 2.56 bits per heavy atom. The number of aromatic amines is 1. The first-order valence-electron chi connectivity index (χ1n) is 10.9. The average molecular weight is 457 g/mol. The number of aryl methyl sites for hydroxylation is 1. The molecule has 1 saturated heterocycles. The van der Waals surface area contributed by atoms with Gasteiger partial charge in [-0.05, 0) is 24.6 Å². The molecular formula is C25H23N5O4. The van der Waals surface area contributed by atoms with Gasteiger partial charge < -0.3 is 24.8 Å². The average Bonchev–Trinajstić information content (AvgIpc) is 3.28. The monoisotopic (exact) mass is 457 g/mol. The Labute approximate surface area is 196 Å². The molecule has 1 fully saturated rings.